The molecule has 0 heterocycles. The molecule has 0 aliphatic rings. The largest absolute Gasteiger partial charge is 0.495 e. The van der Waals surface area contributed by atoms with Crippen LogP contribution in [0.5, 0.6) is 5.75 Å². The smallest absolute Gasteiger partial charge is 0.328 e. The number of nitrogens with one attached hydrogen (secondary N) is 1. The average molecular weight is 254 g/mol. The molecule has 0 saturated heterocycles. The third-order valence-electron chi connectivity index (χ3n) is 2.28. The summed E-state index contributed by atoms with van der Waals surface area (Å²) in [6, 6.07) is 2.96. The average Bonchev–Trinajstić information content (AvgIpc) is 2.35. The molecule has 1 atom stereocenters. The summed E-state index contributed by atoms with van der Waals surface area (Å²) in [6.45, 7) is -0.688. The van der Waals surface area contributed by atoms with Crippen LogP contribution in [0.15, 0.2) is 18.2 Å². The molecular formula is C11H14N2O5. The zero-order valence-corrected chi connectivity index (χ0v) is 9.71. The maximum atomic E-state index is 11.7. The van der Waals surface area contributed by atoms with Gasteiger partial charge in [0.1, 0.15) is 5.75 Å². The molecule has 18 heavy (non-hydrogen) atoms. The number of nitrogen functional groups attached to an aromatic ring is 1. The first-order valence-corrected chi connectivity index (χ1v) is 5.07. The molecule has 7 heteroatoms. The summed E-state index contributed by atoms with van der Waals surface area (Å²) >= 11 is 0. The van der Waals surface area contributed by atoms with Crippen LogP contribution < -0.4 is 15.8 Å². The summed E-state index contributed by atoms with van der Waals surface area (Å²) < 4.78 is 4.93. The van der Waals surface area contributed by atoms with E-state index in [1.54, 1.807) is 0 Å². The van der Waals surface area contributed by atoms with Crippen LogP contribution in [-0.2, 0) is 4.79 Å². The lowest BCUT2D eigenvalue weighted by molar-refractivity contribution is -0.140. The standard InChI is InChI=1S/C11H14N2O5/c1-18-9-3-2-6(4-7(9)12)10(15)13-8(5-14)11(16)17/h2-4,8,14H,5,12H2,1H3,(H,13,15)(H,16,17). The highest BCUT2D eigenvalue weighted by atomic mass is 16.5. The van der Waals surface area contributed by atoms with Crippen molar-refractivity contribution in [3.63, 3.8) is 0 Å². The lowest BCUT2D eigenvalue weighted by Gasteiger charge is -2.12. The van der Waals surface area contributed by atoms with E-state index in [-0.39, 0.29) is 11.3 Å². The van der Waals surface area contributed by atoms with E-state index in [0.29, 0.717) is 5.75 Å². The third kappa shape index (κ3) is 3.11. The van der Waals surface area contributed by atoms with Crippen LogP contribution in [0.25, 0.3) is 0 Å². The van der Waals surface area contributed by atoms with Crippen molar-refractivity contribution in [2.75, 3.05) is 19.5 Å². The Balaban J connectivity index is 2.84. The van der Waals surface area contributed by atoms with E-state index < -0.39 is 24.5 Å². The fourth-order valence-electron chi connectivity index (χ4n) is 1.30. The molecule has 98 valence electrons. The van der Waals surface area contributed by atoms with Crippen LogP contribution in [-0.4, -0.2) is 41.8 Å². The number of carbonyl (C=O) groups is 2. The van der Waals surface area contributed by atoms with Crippen molar-refractivity contribution in [3.8, 4) is 5.75 Å². The summed E-state index contributed by atoms with van der Waals surface area (Å²) in [6.07, 6.45) is 0. The number of anilines is 1. The molecule has 5 N–H and O–H groups in total. The van der Waals surface area contributed by atoms with Gasteiger partial charge in [0.15, 0.2) is 6.04 Å². The molecule has 0 fully saturated rings. The number of rotatable bonds is 5. The number of nitrogens with two attached hydrogens (primary N) is 1. The molecule has 0 spiro atoms. The third-order valence-corrected chi connectivity index (χ3v) is 2.28. The minimum Gasteiger partial charge on any atom is -0.495 e. The van der Waals surface area contributed by atoms with Gasteiger partial charge in [-0.15, -0.1) is 0 Å². The Bertz CT molecular complexity index is 461. The van der Waals surface area contributed by atoms with Gasteiger partial charge < -0.3 is 26.0 Å². The Morgan fingerprint density at radius 1 is 1.50 bits per heavy atom. The highest BCUT2D eigenvalue weighted by molar-refractivity contribution is 5.97. The first kappa shape index (κ1) is 13.8. The zero-order valence-electron chi connectivity index (χ0n) is 9.71. The van der Waals surface area contributed by atoms with Crippen molar-refractivity contribution in [3.05, 3.63) is 23.8 Å². The van der Waals surface area contributed by atoms with Crippen molar-refractivity contribution in [2.45, 2.75) is 6.04 Å². The van der Waals surface area contributed by atoms with Gasteiger partial charge >= 0.3 is 5.97 Å². The van der Waals surface area contributed by atoms with Crippen LogP contribution in [0.1, 0.15) is 10.4 Å². The van der Waals surface area contributed by atoms with E-state index in [9.17, 15) is 9.59 Å². The number of aliphatic carboxylic acids is 1. The van der Waals surface area contributed by atoms with Crippen molar-refractivity contribution < 1.29 is 24.5 Å². The van der Waals surface area contributed by atoms with Crippen LogP contribution in [0.4, 0.5) is 5.69 Å². The highest BCUT2D eigenvalue weighted by Gasteiger charge is 2.19. The molecule has 0 aromatic heterocycles. The van der Waals surface area contributed by atoms with Crippen molar-refractivity contribution in [2.24, 2.45) is 0 Å². The summed E-state index contributed by atoms with van der Waals surface area (Å²) in [5.74, 6) is -1.53. The molecule has 7 nitrogen and oxygen atoms in total. The second-order valence-electron chi connectivity index (χ2n) is 3.50. The van der Waals surface area contributed by atoms with E-state index in [4.69, 9.17) is 20.7 Å². The molecular weight excluding hydrogens is 240 g/mol. The number of carboxylic acids is 1. The zero-order chi connectivity index (χ0) is 13.7. The number of carbonyl (C=O) groups excluding carboxylic acids is 1. The molecule has 0 aliphatic carbocycles. The molecule has 0 bridgehead atoms. The predicted molar refractivity (Wildman–Crippen MR) is 63.4 cm³/mol. The summed E-state index contributed by atoms with van der Waals surface area (Å²) in [5, 5.41) is 19.6. The highest BCUT2D eigenvalue weighted by Crippen LogP contribution is 2.21. The molecule has 1 aromatic carbocycles. The molecule has 0 radical (unpaired) electrons. The second-order valence-corrected chi connectivity index (χ2v) is 3.50. The summed E-state index contributed by atoms with van der Waals surface area (Å²) in [5.41, 5.74) is 6.07. The fraction of sp³-hybridized carbons (Fsp3) is 0.273. The number of amides is 1. The number of aliphatic hydroxyl groups is 1. The molecule has 0 saturated carbocycles. The topological polar surface area (TPSA) is 122 Å². The number of methoxy groups -OCH3 is 1. The van der Waals surface area contributed by atoms with Gasteiger partial charge in [-0.25, -0.2) is 4.79 Å². The van der Waals surface area contributed by atoms with Gasteiger partial charge in [0, 0.05) is 5.56 Å². The summed E-state index contributed by atoms with van der Waals surface area (Å²) in [7, 11) is 1.44. The van der Waals surface area contributed by atoms with Gasteiger partial charge in [-0.3, -0.25) is 4.79 Å². The van der Waals surface area contributed by atoms with Crippen LogP contribution in [0, 0.1) is 0 Å². The maximum Gasteiger partial charge on any atom is 0.328 e. The Morgan fingerprint density at radius 3 is 2.61 bits per heavy atom. The normalized spacial score (nSPS) is 11.7. The lowest BCUT2D eigenvalue weighted by atomic mass is 10.1. The number of benzene rings is 1. The van der Waals surface area contributed by atoms with Crippen LogP contribution >= 0.6 is 0 Å². The summed E-state index contributed by atoms with van der Waals surface area (Å²) in [4.78, 5) is 22.3. The molecule has 0 aliphatic heterocycles. The van der Waals surface area contributed by atoms with E-state index in [2.05, 4.69) is 5.32 Å². The molecule has 1 rings (SSSR count). The Morgan fingerprint density at radius 2 is 2.17 bits per heavy atom. The number of ether oxygens (including phenoxy) is 1. The van der Waals surface area contributed by atoms with Gasteiger partial charge in [-0.05, 0) is 18.2 Å². The van der Waals surface area contributed by atoms with E-state index in [1.807, 2.05) is 0 Å². The van der Waals surface area contributed by atoms with Crippen molar-refractivity contribution >= 4 is 17.6 Å². The van der Waals surface area contributed by atoms with E-state index >= 15 is 0 Å². The number of hydrogen-bond donors (Lipinski definition) is 4. The van der Waals surface area contributed by atoms with Gasteiger partial charge in [0.2, 0.25) is 0 Å². The minimum absolute atomic E-state index is 0.188. The van der Waals surface area contributed by atoms with Crippen LogP contribution in [0.3, 0.4) is 0 Å². The predicted octanol–water partition coefficient (Wildman–Crippen LogP) is -0.547. The lowest BCUT2D eigenvalue weighted by Crippen LogP contribution is -2.43. The van der Waals surface area contributed by atoms with Gasteiger partial charge in [0.25, 0.3) is 5.91 Å². The molecule has 1 amide bonds. The Labute approximate surface area is 103 Å². The first-order valence-electron chi connectivity index (χ1n) is 5.07. The Kier molecular flexibility index (Phi) is 4.50. The number of hydrogen-bond acceptors (Lipinski definition) is 5. The molecule has 1 aromatic rings. The van der Waals surface area contributed by atoms with Gasteiger partial charge in [0.05, 0.1) is 19.4 Å². The van der Waals surface area contributed by atoms with Gasteiger partial charge in [-0.2, -0.15) is 0 Å². The number of aliphatic hydroxyl groups excluding tert-OH is 1. The number of carboxylic acid groups (broad SMARTS) is 1. The SMILES string of the molecule is COc1ccc(C(=O)NC(CO)C(=O)O)cc1N. The fourth-order valence-corrected chi connectivity index (χ4v) is 1.30. The van der Waals surface area contributed by atoms with Crippen LogP contribution in [0.2, 0.25) is 0 Å². The Hall–Kier alpha value is -2.28. The second kappa shape index (κ2) is 5.87. The maximum absolute atomic E-state index is 11.7. The minimum atomic E-state index is -1.35. The first-order chi connectivity index (χ1) is 8.49. The van der Waals surface area contributed by atoms with Crippen molar-refractivity contribution in [1.29, 1.82) is 0 Å². The molecule has 1 unspecified atom stereocenters. The van der Waals surface area contributed by atoms with Crippen molar-refractivity contribution in [1.82, 2.24) is 5.32 Å². The van der Waals surface area contributed by atoms with Gasteiger partial charge in [-0.1, -0.05) is 0 Å². The monoisotopic (exact) mass is 254 g/mol. The van der Waals surface area contributed by atoms with E-state index in [0.717, 1.165) is 0 Å². The quantitative estimate of drug-likeness (QED) is 0.523. The van der Waals surface area contributed by atoms with E-state index in [1.165, 1.54) is 25.3 Å².